The molecule has 1 fully saturated rings. The van der Waals surface area contributed by atoms with E-state index in [2.05, 4.69) is 15.9 Å². The van der Waals surface area contributed by atoms with Gasteiger partial charge in [0.2, 0.25) is 0 Å². The third-order valence-electron chi connectivity index (χ3n) is 3.54. The van der Waals surface area contributed by atoms with Gasteiger partial charge in [-0.15, -0.1) is 0 Å². The molecule has 2 rings (SSSR count). The van der Waals surface area contributed by atoms with Crippen molar-refractivity contribution in [2.75, 3.05) is 13.7 Å². The van der Waals surface area contributed by atoms with Crippen molar-refractivity contribution in [3.63, 3.8) is 0 Å². The monoisotopic (exact) mass is 287 g/mol. The van der Waals surface area contributed by atoms with Crippen LogP contribution in [0.25, 0.3) is 0 Å². The first-order chi connectivity index (χ1) is 7.64. The molecule has 1 aliphatic carbocycles. The highest BCUT2D eigenvalue weighted by atomic mass is 79.9. The maximum atomic E-state index is 14.2. The van der Waals surface area contributed by atoms with E-state index in [1.54, 1.807) is 12.1 Å². The first-order valence-electron chi connectivity index (χ1n) is 5.37. The van der Waals surface area contributed by atoms with Crippen LogP contribution in [-0.2, 0) is 5.41 Å². The van der Waals surface area contributed by atoms with E-state index >= 15 is 0 Å². The quantitative estimate of drug-likeness (QED) is 0.928. The summed E-state index contributed by atoms with van der Waals surface area (Å²) in [6, 6.07) is 3.59. The van der Waals surface area contributed by atoms with E-state index in [0.29, 0.717) is 22.3 Å². The molecule has 4 heteroatoms. The van der Waals surface area contributed by atoms with Gasteiger partial charge in [0.15, 0.2) is 0 Å². The molecule has 0 unspecified atom stereocenters. The van der Waals surface area contributed by atoms with Crippen LogP contribution in [0.5, 0.6) is 5.75 Å². The van der Waals surface area contributed by atoms with Gasteiger partial charge in [0.05, 0.1) is 11.6 Å². The van der Waals surface area contributed by atoms with Gasteiger partial charge >= 0.3 is 0 Å². The second-order valence-electron chi connectivity index (χ2n) is 4.28. The molecule has 1 aromatic carbocycles. The number of rotatable bonds is 3. The summed E-state index contributed by atoms with van der Waals surface area (Å²) in [5.74, 6) is 0.289. The van der Waals surface area contributed by atoms with Crippen LogP contribution < -0.4 is 10.5 Å². The van der Waals surface area contributed by atoms with Crippen molar-refractivity contribution in [3.8, 4) is 5.75 Å². The van der Waals surface area contributed by atoms with Crippen molar-refractivity contribution < 1.29 is 9.13 Å². The third-order valence-corrected chi connectivity index (χ3v) is 4.28. The van der Waals surface area contributed by atoms with Gasteiger partial charge in [-0.25, -0.2) is 4.39 Å². The lowest BCUT2D eigenvalue weighted by Crippen LogP contribution is -2.42. The van der Waals surface area contributed by atoms with E-state index in [0.717, 1.165) is 19.3 Å². The molecule has 16 heavy (non-hydrogen) atoms. The van der Waals surface area contributed by atoms with Crippen LogP contribution in [-0.4, -0.2) is 13.7 Å². The minimum atomic E-state index is -0.232. The highest BCUT2D eigenvalue weighted by Crippen LogP contribution is 2.46. The summed E-state index contributed by atoms with van der Waals surface area (Å²) >= 11 is 3.23. The Bertz CT molecular complexity index is 399. The first-order valence-corrected chi connectivity index (χ1v) is 6.16. The maximum Gasteiger partial charge on any atom is 0.144 e. The molecule has 2 nitrogen and oxygen atoms in total. The highest BCUT2D eigenvalue weighted by Gasteiger charge is 2.40. The smallest absolute Gasteiger partial charge is 0.144 e. The number of hydrogen-bond acceptors (Lipinski definition) is 2. The number of halogens is 2. The van der Waals surface area contributed by atoms with Crippen LogP contribution in [0.1, 0.15) is 24.8 Å². The first kappa shape index (κ1) is 11.9. The highest BCUT2D eigenvalue weighted by molar-refractivity contribution is 9.10. The molecule has 0 amide bonds. The van der Waals surface area contributed by atoms with E-state index in [9.17, 15) is 4.39 Å². The van der Waals surface area contributed by atoms with E-state index < -0.39 is 0 Å². The van der Waals surface area contributed by atoms with Gasteiger partial charge < -0.3 is 10.5 Å². The Morgan fingerprint density at radius 3 is 2.62 bits per heavy atom. The molecule has 0 radical (unpaired) electrons. The van der Waals surface area contributed by atoms with E-state index in [1.165, 1.54) is 7.11 Å². The summed E-state index contributed by atoms with van der Waals surface area (Å²) in [6.07, 6.45) is 3.07. The van der Waals surface area contributed by atoms with Crippen molar-refractivity contribution in [1.29, 1.82) is 0 Å². The zero-order chi connectivity index (χ0) is 11.8. The second kappa shape index (κ2) is 4.34. The molecular weight excluding hydrogens is 273 g/mol. The van der Waals surface area contributed by atoms with Crippen LogP contribution in [0.2, 0.25) is 0 Å². The molecule has 0 aromatic heterocycles. The van der Waals surface area contributed by atoms with Crippen molar-refractivity contribution in [1.82, 2.24) is 0 Å². The number of methoxy groups -OCH3 is 1. The normalized spacial score (nSPS) is 18.0. The van der Waals surface area contributed by atoms with E-state index in [-0.39, 0.29) is 11.2 Å². The topological polar surface area (TPSA) is 35.2 Å². The van der Waals surface area contributed by atoms with Crippen LogP contribution in [0.15, 0.2) is 16.6 Å². The van der Waals surface area contributed by atoms with Crippen LogP contribution in [0.3, 0.4) is 0 Å². The molecule has 0 aliphatic heterocycles. The Kier molecular flexibility index (Phi) is 3.22. The average Bonchev–Trinajstić information content (AvgIpc) is 2.23. The Hall–Kier alpha value is -0.610. The summed E-state index contributed by atoms with van der Waals surface area (Å²) in [7, 11) is 1.53. The Labute approximate surface area is 103 Å². The van der Waals surface area contributed by atoms with Crippen molar-refractivity contribution in [3.05, 3.63) is 28.0 Å². The fraction of sp³-hybridized carbons (Fsp3) is 0.500. The van der Waals surface area contributed by atoms with Crippen LogP contribution in [0, 0.1) is 5.82 Å². The minimum Gasteiger partial charge on any atom is -0.495 e. The van der Waals surface area contributed by atoms with Crippen molar-refractivity contribution in [2.24, 2.45) is 5.73 Å². The molecule has 0 saturated heterocycles. The molecule has 2 N–H and O–H groups in total. The third kappa shape index (κ3) is 1.64. The molecule has 88 valence electrons. The minimum absolute atomic E-state index is 0.154. The van der Waals surface area contributed by atoms with Gasteiger partial charge in [0.1, 0.15) is 11.6 Å². The Morgan fingerprint density at radius 1 is 1.50 bits per heavy atom. The lowest BCUT2D eigenvalue weighted by molar-refractivity contribution is 0.244. The fourth-order valence-electron chi connectivity index (χ4n) is 2.29. The molecule has 0 spiro atoms. The molecule has 1 aromatic rings. The number of hydrogen-bond donors (Lipinski definition) is 1. The molecule has 1 aliphatic rings. The van der Waals surface area contributed by atoms with E-state index in [1.807, 2.05) is 0 Å². The van der Waals surface area contributed by atoms with Gasteiger partial charge in [-0.3, -0.25) is 0 Å². The van der Waals surface area contributed by atoms with Gasteiger partial charge in [-0.1, -0.05) is 12.5 Å². The summed E-state index contributed by atoms with van der Waals surface area (Å²) in [6.45, 7) is 0.503. The van der Waals surface area contributed by atoms with Gasteiger partial charge in [-0.05, 0) is 40.4 Å². The standard InChI is InChI=1S/C12H15BrFNO/c1-16-9-4-3-8(11(14)10(9)13)12(7-15)5-2-6-12/h3-4H,2,5-7,15H2,1H3. The largest absolute Gasteiger partial charge is 0.495 e. The van der Waals surface area contributed by atoms with Crippen molar-refractivity contribution in [2.45, 2.75) is 24.7 Å². The number of benzene rings is 1. The molecule has 1 saturated carbocycles. The van der Waals surface area contributed by atoms with Gasteiger partial charge in [0, 0.05) is 12.0 Å². The predicted octanol–water partition coefficient (Wildman–Crippen LogP) is 2.98. The summed E-state index contributed by atoms with van der Waals surface area (Å²) in [5, 5.41) is 0. The molecule has 0 atom stereocenters. The number of nitrogens with two attached hydrogens (primary N) is 1. The van der Waals surface area contributed by atoms with Gasteiger partial charge in [-0.2, -0.15) is 0 Å². The predicted molar refractivity (Wildman–Crippen MR) is 65.2 cm³/mol. The van der Waals surface area contributed by atoms with Crippen LogP contribution >= 0.6 is 15.9 Å². The molecule has 0 bridgehead atoms. The van der Waals surface area contributed by atoms with Crippen LogP contribution in [0.4, 0.5) is 4.39 Å². The Balaban J connectivity index is 2.46. The SMILES string of the molecule is COc1ccc(C2(CN)CCC2)c(F)c1Br. The zero-order valence-electron chi connectivity index (χ0n) is 9.22. The van der Waals surface area contributed by atoms with Crippen molar-refractivity contribution >= 4 is 15.9 Å². The summed E-state index contributed by atoms with van der Waals surface area (Å²) < 4.78 is 19.6. The summed E-state index contributed by atoms with van der Waals surface area (Å²) in [5.41, 5.74) is 6.34. The molecular formula is C12H15BrFNO. The summed E-state index contributed by atoms with van der Waals surface area (Å²) in [4.78, 5) is 0. The molecule has 0 heterocycles. The fourth-order valence-corrected chi connectivity index (χ4v) is 2.79. The second-order valence-corrected chi connectivity index (χ2v) is 5.07. The Morgan fingerprint density at radius 2 is 2.19 bits per heavy atom. The average molecular weight is 288 g/mol. The van der Waals surface area contributed by atoms with E-state index in [4.69, 9.17) is 10.5 Å². The number of ether oxygens (including phenoxy) is 1. The van der Waals surface area contributed by atoms with Gasteiger partial charge in [0.25, 0.3) is 0 Å². The lowest BCUT2D eigenvalue weighted by atomic mass is 9.64. The maximum absolute atomic E-state index is 14.2. The zero-order valence-corrected chi connectivity index (χ0v) is 10.8. The lowest BCUT2D eigenvalue weighted by Gasteiger charge is -2.41.